The van der Waals surface area contributed by atoms with Gasteiger partial charge in [0.15, 0.2) is 5.11 Å². The normalized spacial score (nSPS) is 15.0. The monoisotopic (exact) mass is 481 g/mol. The van der Waals surface area contributed by atoms with E-state index >= 15 is 0 Å². The van der Waals surface area contributed by atoms with Crippen LogP contribution in [-0.2, 0) is 9.59 Å². The smallest absolute Gasteiger partial charge is 0.270 e. The number of hydrogen-bond acceptors (Lipinski definition) is 7. The number of halogens is 1. The van der Waals surface area contributed by atoms with Crippen LogP contribution in [0.3, 0.4) is 0 Å². The minimum absolute atomic E-state index is 0.0320. The summed E-state index contributed by atoms with van der Waals surface area (Å²) in [6.45, 7) is 0. The quantitative estimate of drug-likeness (QED) is 0.339. The van der Waals surface area contributed by atoms with Gasteiger partial charge in [-0.1, -0.05) is 23.7 Å². The third kappa shape index (κ3) is 4.23. The Bertz CT molecular complexity index is 1350. The van der Waals surface area contributed by atoms with Crippen molar-refractivity contribution in [2.75, 3.05) is 12.0 Å². The van der Waals surface area contributed by atoms with Gasteiger partial charge in [-0.3, -0.25) is 14.9 Å². The van der Waals surface area contributed by atoms with E-state index in [4.69, 9.17) is 33.0 Å². The zero-order valence-corrected chi connectivity index (χ0v) is 18.5. The number of carbonyl (C=O) groups is 3. The lowest BCUT2D eigenvalue weighted by Crippen LogP contribution is -2.54. The number of nitrogens with zero attached hydrogens (tertiary/aromatic N) is 1. The van der Waals surface area contributed by atoms with Crippen LogP contribution < -0.4 is 20.1 Å². The van der Waals surface area contributed by atoms with Crippen LogP contribution in [0.5, 0.6) is 5.75 Å². The number of rotatable bonds is 5. The molecule has 0 radical (unpaired) electrons. The first kappa shape index (κ1) is 22.3. The summed E-state index contributed by atoms with van der Waals surface area (Å²) >= 11 is 11.1. The number of carboxylic acid groups (broad SMARTS) is 1. The number of benzene rings is 2. The lowest BCUT2D eigenvalue weighted by Gasteiger charge is -2.29. The van der Waals surface area contributed by atoms with E-state index in [9.17, 15) is 19.5 Å². The van der Waals surface area contributed by atoms with E-state index in [2.05, 4.69) is 5.32 Å². The Labute approximate surface area is 198 Å². The largest absolute Gasteiger partial charge is 0.545 e. The molecule has 0 spiro atoms. The topological polar surface area (TPSA) is 112 Å². The molecule has 166 valence electrons. The molecule has 0 aliphatic carbocycles. The third-order valence-electron chi connectivity index (χ3n) is 4.81. The second kappa shape index (κ2) is 8.89. The van der Waals surface area contributed by atoms with Gasteiger partial charge in [-0.15, -0.1) is 0 Å². The maximum atomic E-state index is 13.2. The van der Waals surface area contributed by atoms with Gasteiger partial charge in [0.2, 0.25) is 0 Å². The van der Waals surface area contributed by atoms with Crippen LogP contribution in [0.15, 0.2) is 64.6 Å². The molecular weight excluding hydrogens is 468 g/mol. The first-order chi connectivity index (χ1) is 15.8. The van der Waals surface area contributed by atoms with Gasteiger partial charge in [0.25, 0.3) is 11.8 Å². The van der Waals surface area contributed by atoms with E-state index in [1.54, 1.807) is 36.4 Å². The number of nitrogens with one attached hydrogen (secondary N) is 1. The molecule has 1 aliphatic rings. The number of ether oxygens (including phenoxy) is 1. The second-order valence-electron chi connectivity index (χ2n) is 6.81. The number of furan rings is 1. The van der Waals surface area contributed by atoms with Gasteiger partial charge in [-0.25, -0.2) is 4.90 Å². The highest BCUT2D eigenvalue weighted by molar-refractivity contribution is 7.80. The number of para-hydroxylation sites is 2. The number of anilines is 1. The molecule has 0 unspecified atom stereocenters. The maximum Gasteiger partial charge on any atom is 0.270 e. The van der Waals surface area contributed by atoms with E-state index in [1.165, 1.54) is 31.4 Å². The van der Waals surface area contributed by atoms with Gasteiger partial charge < -0.3 is 19.1 Å². The Kier molecular flexibility index (Phi) is 5.99. The summed E-state index contributed by atoms with van der Waals surface area (Å²) in [5.41, 5.74) is 0.409. The molecule has 1 fully saturated rings. The van der Waals surface area contributed by atoms with Crippen molar-refractivity contribution in [2.24, 2.45) is 0 Å². The van der Waals surface area contributed by atoms with Crippen molar-refractivity contribution in [1.82, 2.24) is 5.32 Å². The molecule has 33 heavy (non-hydrogen) atoms. The molecule has 2 aromatic carbocycles. The summed E-state index contributed by atoms with van der Waals surface area (Å²) in [7, 11) is 1.46. The first-order valence-corrected chi connectivity index (χ1v) is 10.2. The van der Waals surface area contributed by atoms with Gasteiger partial charge in [-0.2, -0.15) is 0 Å². The molecule has 0 saturated carbocycles. The Morgan fingerprint density at radius 2 is 1.94 bits per heavy atom. The van der Waals surface area contributed by atoms with Crippen molar-refractivity contribution >= 4 is 58.5 Å². The number of carboxylic acids is 1. The first-order valence-electron chi connectivity index (χ1n) is 9.45. The van der Waals surface area contributed by atoms with Gasteiger partial charge in [0.1, 0.15) is 22.8 Å². The van der Waals surface area contributed by atoms with E-state index in [0.717, 1.165) is 4.90 Å². The van der Waals surface area contributed by atoms with Crippen molar-refractivity contribution in [3.05, 3.63) is 76.5 Å². The lowest BCUT2D eigenvalue weighted by atomic mass is 10.1. The van der Waals surface area contributed by atoms with Crippen LogP contribution in [-0.4, -0.2) is 30.0 Å². The Balaban J connectivity index is 1.69. The number of carbonyl (C=O) groups excluding carboxylic acids is 3. The average molecular weight is 482 g/mol. The van der Waals surface area contributed by atoms with Gasteiger partial charge in [0.05, 0.1) is 18.8 Å². The predicted molar refractivity (Wildman–Crippen MR) is 123 cm³/mol. The average Bonchev–Trinajstić information content (AvgIpc) is 3.25. The molecule has 1 aromatic heterocycles. The molecule has 10 heteroatoms. The highest BCUT2D eigenvalue weighted by Gasteiger charge is 2.36. The summed E-state index contributed by atoms with van der Waals surface area (Å²) in [5.74, 6) is -1.86. The standard InChI is InChI=1S/C23H15ClN2O6S/c1-31-19-5-3-2-4-17(19)26-21(28)15(20(27)25-23(26)33)11-13-7-9-18(32-13)12-6-8-16(24)14(10-12)22(29)30/h2-11H,1H3,(H,29,30)(H,25,27,33)/p-1/b15-11-. The highest BCUT2D eigenvalue weighted by atomic mass is 35.5. The predicted octanol–water partition coefficient (Wildman–Crippen LogP) is 2.80. The molecule has 1 saturated heterocycles. The Morgan fingerprint density at radius 3 is 2.67 bits per heavy atom. The highest BCUT2D eigenvalue weighted by Crippen LogP contribution is 2.32. The van der Waals surface area contributed by atoms with E-state index in [-0.39, 0.29) is 27.0 Å². The van der Waals surface area contributed by atoms with E-state index in [1.807, 2.05) is 0 Å². The molecule has 2 heterocycles. The van der Waals surface area contributed by atoms with Crippen LogP contribution in [0, 0.1) is 0 Å². The number of aromatic carboxylic acids is 1. The third-order valence-corrected chi connectivity index (χ3v) is 5.43. The SMILES string of the molecule is COc1ccccc1N1C(=O)/C(=C\c2ccc(-c3ccc(Cl)c(C(=O)[O-])c3)o2)C(=O)NC1=S. The lowest BCUT2D eigenvalue weighted by molar-refractivity contribution is -0.255. The zero-order valence-electron chi connectivity index (χ0n) is 17.0. The van der Waals surface area contributed by atoms with E-state index in [0.29, 0.717) is 22.8 Å². The summed E-state index contributed by atoms with van der Waals surface area (Å²) in [6.07, 6.45) is 1.28. The van der Waals surface area contributed by atoms with Crippen LogP contribution >= 0.6 is 23.8 Å². The molecule has 1 N–H and O–H groups in total. The van der Waals surface area contributed by atoms with Crippen molar-refractivity contribution < 1.29 is 28.6 Å². The zero-order chi connectivity index (χ0) is 23.7. The van der Waals surface area contributed by atoms with Gasteiger partial charge in [0, 0.05) is 16.1 Å². The van der Waals surface area contributed by atoms with Crippen molar-refractivity contribution in [2.45, 2.75) is 0 Å². The summed E-state index contributed by atoms with van der Waals surface area (Å²) in [6, 6.07) is 14.2. The Morgan fingerprint density at radius 1 is 1.18 bits per heavy atom. The molecule has 4 rings (SSSR count). The number of hydrogen-bond donors (Lipinski definition) is 1. The molecule has 8 nitrogen and oxygen atoms in total. The second-order valence-corrected chi connectivity index (χ2v) is 7.61. The molecular formula is C23H14ClN2O6S-. The molecule has 0 bridgehead atoms. The van der Waals surface area contributed by atoms with Crippen molar-refractivity contribution in [3.8, 4) is 17.1 Å². The van der Waals surface area contributed by atoms with Crippen molar-refractivity contribution in [1.29, 1.82) is 0 Å². The summed E-state index contributed by atoms with van der Waals surface area (Å²) < 4.78 is 11.0. The van der Waals surface area contributed by atoms with E-state index < -0.39 is 17.8 Å². The number of amides is 2. The van der Waals surface area contributed by atoms with Crippen molar-refractivity contribution in [3.63, 3.8) is 0 Å². The van der Waals surface area contributed by atoms with Gasteiger partial charge >= 0.3 is 0 Å². The fourth-order valence-electron chi connectivity index (χ4n) is 3.25. The summed E-state index contributed by atoms with van der Waals surface area (Å²) in [5, 5.41) is 13.7. The Hall–Kier alpha value is -3.95. The minimum atomic E-state index is -1.42. The summed E-state index contributed by atoms with van der Waals surface area (Å²) in [4.78, 5) is 38.1. The number of methoxy groups -OCH3 is 1. The molecule has 3 aromatic rings. The maximum absolute atomic E-state index is 13.2. The molecule has 2 amide bonds. The van der Waals surface area contributed by atoms with Crippen LogP contribution in [0.1, 0.15) is 16.1 Å². The van der Waals surface area contributed by atoms with Gasteiger partial charge in [-0.05, 0) is 60.8 Å². The number of thiocarbonyl (C=S) groups is 1. The fourth-order valence-corrected chi connectivity index (χ4v) is 3.72. The molecule has 1 aliphatic heterocycles. The van der Waals surface area contributed by atoms with Crippen LogP contribution in [0.25, 0.3) is 17.4 Å². The fraction of sp³-hybridized carbons (Fsp3) is 0.0435. The minimum Gasteiger partial charge on any atom is -0.545 e. The molecule has 0 atom stereocenters. The van der Waals surface area contributed by atoms with Crippen LogP contribution in [0.2, 0.25) is 5.02 Å². The van der Waals surface area contributed by atoms with Crippen LogP contribution in [0.4, 0.5) is 5.69 Å².